The number of nitrogens with one attached hydrogen (secondary N) is 2. The lowest BCUT2D eigenvalue weighted by Gasteiger charge is -2.27. The summed E-state index contributed by atoms with van der Waals surface area (Å²) in [5, 5.41) is 4.95. The van der Waals surface area contributed by atoms with Crippen molar-refractivity contribution in [2.45, 2.75) is 36.5 Å². The highest BCUT2D eigenvalue weighted by molar-refractivity contribution is 8.00. The lowest BCUT2D eigenvalue weighted by Crippen LogP contribution is -2.50. The Morgan fingerprint density at radius 2 is 2.21 bits per heavy atom. The first kappa shape index (κ1) is 12.8. The Labute approximate surface area is 115 Å². The molecule has 19 heavy (non-hydrogen) atoms. The Balaban J connectivity index is 1.67. The molecule has 0 bridgehead atoms. The molecule has 104 valence electrons. The number of hydrogen-bond acceptors (Lipinski definition) is 4. The van der Waals surface area contributed by atoms with Crippen LogP contribution in [0, 0.1) is 0 Å². The van der Waals surface area contributed by atoms with Crippen molar-refractivity contribution in [1.29, 1.82) is 0 Å². The van der Waals surface area contributed by atoms with Gasteiger partial charge in [-0.25, -0.2) is 4.79 Å². The molecule has 2 unspecified atom stereocenters. The number of thioether (sulfide) groups is 1. The van der Waals surface area contributed by atoms with Gasteiger partial charge >= 0.3 is 6.03 Å². The number of carbonyl (C=O) groups excluding carboxylic acids is 3. The molecule has 0 radical (unpaired) electrons. The lowest BCUT2D eigenvalue weighted by molar-refractivity contribution is -0.130. The smallest absolute Gasteiger partial charge is 0.322 e. The normalized spacial score (nSPS) is 34.5. The van der Waals surface area contributed by atoms with Crippen molar-refractivity contribution in [2.24, 2.45) is 0 Å². The molecule has 4 amide bonds. The van der Waals surface area contributed by atoms with Crippen molar-refractivity contribution < 1.29 is 14.4 Å². The summed E-state index contributed by atoms with van der Waals surface area (Å²) in [7, 11) is 0. The van der Waals surface area contributed by atoms with Crippen molar-refractivity contribution in [3.05, 3.63) is 0 Å². The fraction of sp³-hybridized carbons (Fsp3) is 0.750. The number of nitrogens with zero attached hydrogens (tertiary/aromatic N) is 1. The third-order valence-corrected chi connectivity index (χ3v) is 5.41. The van der Waals surface area contributed by atoms with Crippen LogP contribution in [0.1, 0.15) is 25.7 Å². The molecule has 7 heteroatoms. The first-order chi connectivity index (χ1) is 9.11. The second kappa shape index (κ2) is 4.70. The van der Waals surface area contributed by atoms with Crippen molar-refractivity contribution in [1.82, 2.24) is 15.5 Å². The van der Waals surface area contributed by atoms with E-state index in [2.05, 4.69) is 10.6 Å². The second-order valence-corrected chi connectivity index (χ2v) is 6.67. The van der Waals surface area contributed by atoms with E-state index in [0.717, 1.165) is 18.6 Å². The fourth-order valence-corrected chi connectivity index (χ4v) is 4.23. The van der Waals surface area contributed by atoms with Gasteiger partial charge in [-0.3, -0.25) is 14.9 Å². The maximum atomic E-state index is 12.4. The molecule has 0 aromatic carbocycles. The molecule has 3 rings (SSSR count). The van der Waals surface area contributed by atoms with Crippen molar-refractivity contribution in [3.63, 3.8) is 0 Å². The molecule has 2 atom stereocenters. The van der Waals surface area contributed by atoms with Crippen LogP contribution in [-0.4, -0.2) is 52.4 Å². The summed E-state index contributed by atoms with van der Waals surface area (Å²) in [6.07, 6.45) is 3.70. The maximum Gasteiger partial charge on any atom is 0.322 e. The molecule has 3 aliphatic heterocycles. The monoisotopic (exact) mass is 283 g/mol. The van der Waals surface area contributed by atoms with Crippen LogP contribution in [0.5, 0.6) is 0 Å². The molecule has 3 fully saturated rings. The molecule has 3 saturated heterocycles. The zero-order valence-corrected chi connectivity index (χ0v) is 11.4. The van der Waals surface area contributed by atoms with Crippen LogP contribution in [0.2, 0.25) is 0 Å². The highest BCUT2D eigenvalue weighted by atomic mass is 32.2. The Hall–Kier alpha value is -1.24. The summed E-state index contributed by atoms with van der Waals surface area (Å²) in [5.74, 6) is 0.853. The molecule has 0 aromatic rings. The average molecular weight is 283 g/mol. The highest BCUT2D eigenvalue weighted by Crippen LogP contribution is 2.30. The van der Waals surface area contributed by atoms with Gasteiger partial charge in [-0.1, -0.05) is 6.42 Å². The molecule has 0 saturated carbocycles. The largest absolute Gasteiger partial charge is 0.339 e. The molecule has 3 aliphatic rings. The van der Waals surface area contributed by atoms with E-state index in [1.54, 1.807) is 16.7 Å². The Kier molecular flexibility index (Phi) is 3.16. The zero-order chi connectivity index (χ0) is 13.5. The minimum Gasteiger partial charge on any atom is -0.339 e. The Morgan fingerprint density at radius 3 is 2.84 bits per heavy atom. The average Bonchev–Trinajstić information content (AvgIpc) is 2.95. The van der Waals surface area contributed by atoms with E-state index in [1.165, 1.54) is 6.42 Å². The van der Waals surface area contributed by atoms with E-state index >= 15 is 0 Å². The number of urea groups is 1. The van der Waals surface area contributed by atoms with Crippen LogP contribution in [0.4, 0.5) is 4.79 Å². The summed E-state index contributed by atoms with van der Waals surface area (Å²) in [6, 6.07) is -0.452. The van der Waals surface area contributed by atoms with Crippen LogP contribution in [0.3, 0.4) is 0 Å². The predicted molar refractivity (Wildman–Crippen MR) is 70.7 cm³/mol. The van der Waals surface area contributed by atoms with E-state index in [-0.39, 0.29) is 17.1 Å². The molecule has 3 heterocycles. The van der Waals surface area contributed by atoms with E-state index in [1.807, 2.05) is 0 Å². The van der Waals surface area contributed by atoms with Crippen LogP contribution in [0.15, 0.2) is 0 Å². The van der Waals surface area contributed by atoms with E-state index < -0.39 is 11.6 Å². The van der Waals surface area contributed by atoms with Gasteiger partial charge in [-0.15, -0.1) is 11.8 Å². The second-order valence-electron chi connectivity index (χ2n) is 5.36. The van der Waals surface area contributed by atoms with Crippen molar-refractivity contribution >= 4 is 29.6 Å². The standard InChI is InChI=1S/C12H17N3O3S/c16-9(8-3-1-2-6-19-8)15-5-4-12(7-15)10(17)13-11(18)14-12/h8H,1-7H2,(H2,13,14,17,18). The van der Waals surface area contributed by atoms with E-state index in [4.69, 9.17) is 0 Å². The zero-order valence-electron chi connectivity index (χ0n) is 10.6. The van der Waals surface area contributed by atoms with Crippen molar-refractivity contribution in [2.75, 3.05) is 18.8 Å². The van der Waals surface area contributed by atoms with Gasteiger partial charge in [0.2, 0.25) is 5.91 Å². The van der Waals surface area contributed by atoms with Gasteiger partial charge < -0.3 is 10.2 Å². The quantitative estimate of drug-likeness (QED) is 0.668. The number of rotatable bonds is 1. The number of hydrogen-bond donors (Lipinski definition) is 2. The Bertz CT molecular complexity index is 436. The predicted octanol–water partition coefficient (Wildman–Crippen LogP) is 0.0826. The van der Waals surface area contributed by atoms with Crippen LogP contribution >= 0.6 is 11.8 Å². The lowest BCUT2D eigenvalue weighted by atomic mass is 9.99. The summed E-state index contributed by atoms with van der Waals surface area (Å²) >= 11 is 1.71. The minimum atomic E-state index is -0.883. The third-order valence-electron chi connectivity index (χ3n) is 4.05. The van der Waals surface area contributed by atoms with Gasteiger partial charge in [0, 0.05) is 6.54 Å². The van der Waals surface area contributed by atoms with Gasteiger partial charge in [0.1, 0.15) is 5.54 Å². The van der Waals surface area contributed by atoms with Gasteiger partial charge in [-0.2, -0.15) is 0 Å². The third kappa shape index (κ3) is 2.20. The summed E-state index contributed by atoms with van der Waals surface area (Å²) < 4.78 is 0. The molecular formula is C12H17N3O3S. The maximum absolute atomic E-state index is 12.4. The number of carbonyl (C=O) groups is 3. The van der Waals surface area contributed by atoms with Gasteiger partial charge in [-0.05, 0) is 25.0 Å². The molecule has 0 aromatic heterocycles. The van der Waals surface area contributed by atoms with Gasteiger partial charge in [0.15, 0.2) is 0 Å². The molecule has 2 N–H and O–H groups in total. The number of likely N-dealkylation sites (tertiary alicyclic amines) is 1. The van der Waals surface area contributed by atoms with E-state index in [0.29, 0.717) is 19.5 Å². The minimum absolute atomic E-state index is 0.0315. The van der Waals surface area contributed by atoms with Crippen LogP contribution in [0.25, 0.3) is 0 Å². The highest BCUT2D eigenvalue weighted by Gasteiger charge is 2.52. The first-order valence-electron chi connectivity index (χ1n) is 6.65. The summed E-state index contributed by atoms with van der Waals surface area (Å²) in [6.45, 7) is 0.851. The SMILES string of the molecule is O=C1NC(=O)C2(CCN(C(=O)C3CCCCS3)C2)N1. The van der Waals surface area contributed by atoms with Crippen LogP contribution in [-0.2, 0) is 9.59 Å². The van der Waals surface area contributed by atoms with Crippen molar-refractivity contribution in [3.8, 4) is 0 Å². The molecule has 1 spiro atoms. The number of imide groups is 1. The molecule has 0 aliphatic carbocycles. The van der Waals surface area contributed by atoms with Gasteiger partial charge in [0.05, 0.1) is 11.8 Å². The molecule has 6 nitrogen and oxygen atoms in total. The fourth-order valence-electron chi connectivity index (χ4n) is 2.95. The Morgan fingerprint density at radius 1 is 1.37 bits per heavy atom. The molecular weight excluding hydrogens is 266 g/mol. The first-order valence-corrected chi connectivity index (χ1v) is 7.70. The topological polar surface area (TPSA) is 78.5 Å². The van der Waals surface area contributed by atoms with E-state index in [9.17, 15) is 14.4 Å². The number of amides is 4. The summed E-state index contributed by atoms with van der Waals surface area (Å²) in [5.41, 5.74) is -0.883. The van der Waals surface area contributed by atoms with Crippen LogP contribution < -0.4 is 10.6 Å². The summed E-state index contributed by atoms with van der Waals surface area (Å²) in [4.78, 5) is 37.2. The van der Waals surface area contributed by atoms with Gasteiger partial charge in [0.25, 0.3) is 5.91 Å².